The van der Waals surface area contributed by atoms with Crippen molar-refractivity contribution in [3.8, 4) is 0 Å². The Morgan fingerprint density at radius 2 is 2.00 bits per heavy atom. The average molecular weight is 293 g/mol. The van der Waals surface area contributed by atoms with Crippen molar-refractivity contribution in [2.75, 3.05) is 0 Å². The quantitative estimate of drug-likeness (QED) is 0.268. The summed E-state index contributed by atoms with van der Waals surface area (Å²) in [5.74, 6) is 0.293. The first-order valence-electron chi connectivity index (χ1n) is 4.52. The van der Waals surface area contributed by atoms with Crippen LogP contribution in [-0.4, -0.2) is 10.6 Å². The van der Waals surface area contributed by atoms with Crippen LogP contribution >= 0.6 is 0 Å². The summed E-state index contributed by atoms with van der Waals surface area (Å²) in [6.45, 7) is 5.60. The summed E-state index contributed by atoms with van der Waals surface area (Å²) >= 11 is 0. The summed E-state index contributed by atoms with van der Waals surface area (Å²) < 4.78 is 0. The molecule has 0 aromatic heterocycles. The van der Waals surface area contributed by atoms with Crippen molar-refractivity contribution in [3.63, 3.8) is 0 Å². The molecule has 0 fully saturated rings. The number of hydrogen-bond donors (Lipinski definition) is 0. The predicted octanol–water partition coefficient (Wildman–Crippen LogP) is 2.90. The fourth-order valence-corrected chi connectivity index (χ4v) is 1.06. The summed E-state index contributed by atoms with van der Waals surface area (Å²) in [6.07, 6.45) is 5.10. The monoisotopic (exact) mass is 292 g/mol. The van der Waals surface area contributed by atoms with E-state index in [0.29, 0.717) is 12.2 Å². The molecule has 0 saturated heterocycles. The zero-order valence-electron chi connectivity index (χ0n) is 8.64. The Kier molecular flexibility index (Phi) is 6.87. The Morgan fingerprint density at radius 3 is 2.53 bits per heavy atom. The molecule has 0 aliphatic heterocycles. The molecule has 0 saturated carbocycles. The smallest absolute Gasteiger partial charge is 0.250 e. The second-order valence-electron chi connectivity index (χ2n) is 3.28. The Hall–Kier alpha value is -0.968. The molecule has 0 unspecified atom stereocenters. The second-order valence-corrected chi connectivity index (χ2v) is 3.28. The van der Waals surface area contributed by atoms with E-state index in [1.165, 1.54) is 0 Å². The van der Waals surface area contributed by atoms with E-state index in [1.54, 1.807) is 6.08 Å². The van der Waals surface area contributed by atoms with Gasteiger partial charge >= 0.3 is 0 Å². The van der Waals surface area contributed by atoms with Crippen LogP contribution in [0.15, 0.2) is 48.6 Å². The first kappa shape index (κ1) is 14.0. The number of carbonyl (C=O) groups excluding carboxylic acids is 1. The van der Waals surface area contributed by atoms with Crippen molar-refractivity contribution in [2.24, 2.45) is 0 Å². The zero-order valence-corrected chi connectivity index (χ0v) is 10.2. The molecule has 0 aliphatic rings. The average Bonchev–Trinajstić information content (AvgIpc) is 2.15. The molecule has 1 rings (SSSR count). The largest absolute Gasteiger partial charge is 0.321 e. The molecule has 2 heteroatoms. The van der Waals surface area contributed by atoms with Crippen molar-refractivity contribution < 1.29 is 25.2 Å². The number of allylic oxidation sites excluding steroid dienone is 2. The third-order valence-electron chi connectivity index (χ3n) is 1.66. The van der Waals surface area contributed by atoms with Gasteiger partial charge in [0.1, 0.15) is 0 Å². The van der Waals surface area contributed by atoms with Crippen LogP contribution in [0, 0.1) is 6.08 Å². The first-order chi connectivity index (χ1) is 6.68. The van der Waals surface area contributed by atoms with Gasteiger partial charge in [-0.15, -0.1) is 42.5 Å². The Balaban J connectivity index is 0.00000196. The summed E-state index contributed by atoms with van der Waals surface area (Å²) in [7, 11) is 0. The SMILES string of the molecule is C=C(C)CC(=[OH+])C=[C-]c1ccccc1.[Pd]. The third-order valence-corrected chi connectivity index (χ3v) is 1.66. The molecule has 0 bridgehead atoms. The molecule has 1 N–H and O–H groups in total. The Bertz CT molecular complexity index is 352. The molecular weight excluding hydrogens is 279 g/mol. The molecule has 0 radical (unpaired) electrons. The predicted molar refractivity (Wildman–Crippen MR) is 59.7 cm³/mol. The topological polar surface area (TPSA) is 21.4 Å². The zero-order chi connectivity index (χ0) is 10.4. The molecule has 0 atom stereocenters. The minimum atomic E-state index is 0. The number of ketones is 1. The molecule has 1 aromatic rings. The molecule has 0 heterocycles. The van der Waals surface area contributed by atoms with Crippen LogP contribution in [0.5, 0.6) is 0 Å². The van der Waals surface area contributed by atoms with E-state index in [0.717, 1.165) is 11.1 Å². The third kappa shape index (κ3) is 6.17. The fourth-order valence-electron chi connectivity index (χ4n) is 1.06. The molecule has 0 aliphatic carbocycles. The van der Waals surface area contributed by atoms with Crippen LogP contribution in [0.1, 0.15) is 18.9 Å². The van der Waals surface area contributed by atoms with Crippen molar-refractivity contribution in [2.45, 2.75) is 13.3 Å². The normalized spacial score (nSPS) is 9.67. The molecule has 82 valence electrons. The summed E-state index contributed by atoms with van der Waals surface area (Å²) in [5, 5.41) is 0. The van der Waals surface area contributed by atoms with E-state index in [4.69, 9.17) is 0 Å². The van der Waals surface area contributed by atoms with Crippen LogP contribution in [0.4, 0.5) is 0 Å². The maximum Gasteiger partial charge on any atom is 0.250 e. The molecule has 0 amide bonds. The van der Waals surface area contributed by atoms with Gasteiger partial charge in [0.25, 0.3) is 5.78 Å². The second kappa shape index (κ2) is 7.34. The summed E-state index contributed by atoms with van der Waals surface area (Å²) in [5.41, 5.74) is 1.90. The Labute approximate surface area is 105 Å². The molecule has 1 aromatic carbocycles. The summed E-state index contributed by atoms with van der Waals surface area (Å²) in [6, 6.07) is 9.69. The van der Waals surface area contributed by atoms with Gasteiger partial charge in [0.2, 0.25) is 0 Å². The van der Waals surface area contributed by atoms with Gasteiger partial charge in [-0.3, -0.25) is 0 Å². The van der Waals surface area contributed by atoms with E-state index in [1.807, 2.05) is 37.3 Å². The van der Waals surface area contributed by atoms with Crippen LogP contribution in [0.3, 0.4) is 0 Å². The van der Waals surface area contributed by atoms with Crippen molar-refractivity contribution in [3.05, 3.63) is 60.2 Å². The van der Waals surface area contributed by atoms with Crippen molar-refractivity contribution >= 4 is 5.78 Å². The van der Waals surface area contributed by atoms with Gasteiger partial charge in [-0.05, 0) is 13.0 Å². The number of rotatable bonds is 4. The summed E-state index contributed by atoms with van der Waals surface area (Å²) in [4.78, 5) is 9.42. The minimum absolute atomic E-state index is 0. The standard InChI is InChI=1S/C13H13O.Pd/c1-11(2)10-13(14)9-8-12-6-4-3-5-7-12;/h3-7,9H,1,10H2,2H3;/q-1;/p+1. The van der Waals surface area contributed by atoms with E-state index < -0.39 is 0 Å². The van der Waals surface area contributed by atoms with Crippen LogP contribution in [0.25, 0.3) is 0 Å². The molecule has 15 heavy (non-hydrogen) atoms. The van der Waals surface area contributed by atoms with Gasteiger partial charge in [0, 0.05) is 26.8 Å². The van der Waals surface area contributed by atoms with E-state index in [2.05, 4.69) is 12.7 Å². The van der Waals surface area contributed by atoms with Crippen LogP contribution in [-0.2, 0) is 20.4 Å². The molecule has 1 nitrogen and oxygen atoms in total. The number of hydrogen-bond acceptors (Lipinski definition) is 0. The maximum atomic E-state index is 9.42. The van der Waals surface area contributed by atoms with Gasteiger partial charge < -0.3 is 4.79 Å². The van der Waals surface area contributed by atoms with Gasteiger partial charge in [-0.1, -0.05) is 11.6 Å². The minimum Gasteiger partial charge on any atom is -0.321 e. The maximum absolute atomic E-state index is 9.42. The van der Waals surface area contributed by atoms with Crippen molar-refractivity contribution in [1.29, 1.82) is 0 Å². The van der Waals surface area contributed by atoms with Crippen LogP contribution < -0.4 is 0 Å². The molecule has 0 spiro atoms. The van der Waals surface area contributed by atoms with Gasteiger partial charge in [0.15, 0.2) is 0 Å². The molecular formula is C13H14OPd. The Morgan fingerprint density at radius 1 is 1.40 bits per heavy atom. The van der Waals surface area contributed by atoms with E-state index in [9.17, 15) is 4.79 Å². The van der Waals surface area contributed by atoms with Gasteiger partial charge in [-0.2, -0.15) is 0 Å². The fraction of sp³-hybridized carbons (Fsp3) is 0.154. The van der Waals surface area contributed by atoms with E-state index >= 15 is 0 Å². The number of benzene rings is 1. The van der Waals surface area contributed by atoms with Crippen LogP contribution in [0.2, 0.25) is 0 Å². The van der Waals surface area contributed by atoms with Gasteiger partial charge in [0.05, 0.1) is 0 Å². The van der Waals surface area contributed by atoms with Crippen molar-refractivity contribution in [1.82, 2.24) is 0 Å². The first-order valence-corrected chi connectivity index (χ1v) is 4.52. The van der Waals surface area contributed by atoms with E-state index in [-0.39, 0.29) is 20.4 Å². The van der Waals surface area contributed by atoms with Gasteiger partial charge in [-0.25, -0.2) is 0 Å².